The second kappa shape index (κ2) is 7.08. The molecule has 6 heteroatoms. The van der Waals surface area contributed by atoms with Gasteiger partial charge in [0, 0.05) is 11.8 Å². The van der Waals surface area contributed by atoms with Crippen molar-refractivity contribution in [2.45, 2.75) is 48.9 Å². The summed E-state index contributed by atoms with van der Waals surface area (Å²) >= 11 is 0. The van der Waals surface area contributed by atoms with E-state index >= 15 is 0 Å². The van der Waals surface area contributed by atoms with Gasteiger partial charge in [-0.05, 0) is 56.2 Å². The minimum Gasteiger partial charge on any atom is -0.493 e. The predicted octanol–water partition coefficient (Wildman–Crippen LogP) is 4.32. The van der Waals surface area contributed by atoms with Crippen LogP contribution in [0.1, 0.15) is 48.6 Å². The van der Waals surface area contributed by atoms with Crippen LogP contribution in [0, 0.1) is 5.92 Å². The number of aromatic nitrogens is 3. The van der Waals surface area contributed by atoms with Gasteiger partial charge in [0.25, 0.3) is 0 Å². The van der Waals surface area contributed by atoms with Gasteiger partial charge in [-0.3, -0.25) is 9.19 Å². The highest BCUT2D eigenvalue weighted by Gasteiger charge is 2.30. The number of hydrogen-bond acceptors (Lipinski definition) is 4. The molecular weight excluding hydrogens is 358 g/mol. The van der Waals surface area contributed by atoms with Gasteiger partial charge in [-0.15, -0.1) is 0 Å². The summed E-state index contributed by atoms with van der Waals surface area (Å²) in [6, 6.07) is 9.77. The van der Waals surface area contributed by atoms with Gasteiger partial charge < -0.3 is 9.72 Å². The van der Waals surface area contributed by atoms with Gasteiger partial charge in [-0.25, -0.2) is 4.98 Å². The van der Waals surface area contributed by atoms with E-state index in [1.54, 1.807) is 6.20 Å². The zero-order valence-electron chi connectivity index (χ0n) is 15.2. The van der Waals surface area contributed by atoms with Gasteiger partial charge in [0.05, 0.1) is 39.4 Å². The fourth-order valence-electron chi connectivity index (χ4n) is 3.78. The lowest BCUT2D eigenvalue weighted by molar-refractivity contribution is 0.296. The van der Waals surface area contributed by atoms with E-state index < -0.39 is 10.8 Å². The number of benzene rings is 1. The van der Waals surface area contributed by atoms with Crippen LogP contribution in [-0.2, 0) is 17.2 Å². The molecule has 2 aromatic heterocycles. The van der Waals surface area contributed by atoms with Crippen molar-refractivity contribution < 1.29 is 8.95 Å². The lowest BCUT2D eigenvalue weighted by atomic mass is 10.1. The zero-order chi connectivity index (χ0) is 18.2. The highest BCUT2D eigenvalue weighted by molar-refractivity contribution is 7.85. The topological polar surface area (TPSA) is 67.9 Å². The summed E-state index contributed by atoms with van der Waals surface area (Å²) in [5, 5.41) is 0.396. The average Bonchev–Trinajstić information content (AvgIpc) is 3.46. The summed E-state index contributed by atoms with van der Waals surface area (Å²) < 4.78 is 19.5. The highest BCUT2D eigenvalue weighted by atomic mass is 32.2. The third kappa shape index (κ3) is 3.38. The Morgan fingerprint density at radius 1 is 1.15 bits per heavy atom. The Labute approximate surface area is 161 Å². The molecule has 2 atom stereocenters. The van der Waals surface area contributed by atoms with Crippen LogP contribution < -0.4 is 4.74 Å². The van der Waals surface area contributed by atoms with E-state index in [0.29, 0.717) is 11.1 Å². The summed E-state index contributed by atoms with van der Waals surface area (Å²) in [4.78, 5) is 12.5. The molecule has 5 rings (SSSR count). The molecule has 2 heterocycles. The molecular formula is C21H23N3O2S. The smallest absolute Gasteiger partial charge is 0.198 e. The minimum atomic E-state index is -1.27. The Hall–Kier alpha value is -2.21. The summed E-state index contributed by atoms with van der Waals surface area (Å²) in [5.74, 6) is 1.64. The molecule has 0 spiro atoms. The van der Waals surface area contributed by atoms with Crippen molar-refractivity contribution in [1.29, 1.82) is 0 Å². The predicted molar refractivity (Wildman–Crippen MR) is 105 cm³/mol. The molecule has 27 heavy (non-hydrogen) atoms. The molecule has 1 N–H and O–H groups in total. The van der Waals surface area contributed by atoms with Crippen LogP contribution in [0.15, 0.2) is 41.7 Å². The van der Waals surface area contributed by atoms with E-state index in [1.807, 2.05) is 30.3 Å². The maximum atomic E-state index is 13.4. The molecule has 0 saturated heterocycles. The van der Waals surface area contributed by atoms with Crippen LogP contribution in [0.5, 0.6) is 5.75 Å². The van der Waals surface area contributed by atoms with E-state index in [0.717, 1.165) is 60.3 Å². The number of imidazole rings is 1. The van der Waals surface area contributed by atoms with E-state index in [-0.39, 0.29) is 5.25 Å². The molecule has 140 valence electrons. The second-order valence-corrected chi connectivity index (χ2v) is 9.07. The van der Waals surface area contributed by atoms with Gasteiger partial charge >= 0.3 is 0 Å². The monoisotopic (exact) mass is 381 g/mol. The van der Waals surface area contributed by atoms with Gasteiger partial charge in [0.1, 0.15) is 5.75 Å². The first-order valence-corrected chi connectivity index (χ1v) is 11.0. The van der Waals surface area contributed by atoms with E-state index in [9.17, 15) is 4.21 Å². The SMILES string of the molecule is O=[S@](c1nc2ccccc2[nH]1)[C@H]1CCCCc2c(OCC3CC3)ccnc21. The van der Waals surface area contributed by atoms with Gasteiger partial charge in [0.15, 0.2) is 5.16 Å². The van der Waals surface area contributed by atoms with E-state index in [1.165, 1.54) is 12.8 Å². The number of para-hydroxylation sites is 2. The summed E-state index contributed by atoms with van der Waals surface area (Å²) in [5.41, 5.74) is 3.85. The number of ether oxygens (including phenoxy) is 1. The largest absolute Gasteiger partial charge is 0.493 e. The van der Waals surface area contributed by atoms with Crippen LogP contribution in [0.3, 0.4) is 0 Å². The van der Waals surface area contributed by atoms with Gasteiger partial charge in [-0.1, -0.05) is 18.6 Å². The molecule has 5 nitrogen and oxygen atoms in total. The van der Waals surface area contributed by atoms with Crippen LogP contribution in [0.4, 0.5) is 0 Å². The second-order valence-electron chi connectivity index (χ2n) is 7.52. The number of aromatic amines is 1. The summed E-state index contributed by atoms with van der Waals surface area (Å²) in [7, 11) is -1.27. The highest BCUT2D eigenvalue weighted by Crippen LogP contribution is 2.38. The lowest BCUT2D eigenvalue weighted by Crippen LogP contribution is -2.12. The first kappa shape index (κ1) is 16.9. The molecule has 1 fully saturated rings. The fourth-order valence-corrected chi connectivity index (χ4v) is 5.24. The van der Waals surface area contributed by atoms with Crippen molar-refractivity contribution >= 4 is 21.8 Å². The first-order valence-electron chi connectivity index (χ1n) is 9.75. The van der Waals surface area contributed by atoms with E-state index in [4.69, 9.17) is 4.74 Å². The van der Waals surface area contributed by atoms with Crippen molar-refractivity contribution in [2.75, 3.05) is 6.61 Å². The molecule has 0 radical (unpaired) electrons. The third-order valence-corrected chi connectivity index (χ3v) is 7.03. The normalized spacial score (nSPS) is 20.8. The molecule has 1 aromatic carbocycles. The van der Waals surface area contributed by atoms with Crippen molar-refractivity contribution in [3.05, 3.63) is 47.8 Å². The Balaban J connectivity index is 1.49. The van der Waals surface area contributed by atoms with Crippen LogP contribution in [0.25, 0.3) is 11.0 Å². The van der Waals surface area contributed by atoms with Gasteiger partial charge in [0.2, 0.25) is 0 Å². The van der Waals surface area contributed by atoms with Crippen LogP contribution in [0.2, 0.25) is 0 Å². The minimum absolute atomic E-state index is 0.146. The molecule has 2 aliphatic rings. The number of H-pyrrole nitrogens is 1. The van der Waals surface area contributed by atoms with Crippen molar-refractivity contribution in [1.82, 2.24) is 15.0 Å². The number of nitrogens with zero attached hydrogens (tertiary/aromatic N) is 2. The molecule has 0 aliphatic heterocycles. The molecule has 0 amide bonds. The lowest BCUT2D eigenvalue weighted by Gasteiger charge is -2.17. The Morgan fingerprint density at radius 3 is 2.89 bits per heavy atom. The number of pyridine rings is 1. The van der Waals surface area contributed by atoms with Crippen LogP contribution >= 0.6 is 0 Å². The number of fused-ring (bicyclic) bond motifs is 2. The number of hydrogen-bond donors (Lipinski definition) is 1. The number of rotatable bonds is 5. The molecule has 0 bridgehead atoms. The van der Waals surface area contributed by atoms with Crippen LogP contribution in [-0.4, -0.2) is 25.8 Å². The maximum absolute atomic E-state index is 13.4. The Kier molecular flexibility index (Phi) is 4.44. The average molecular weight is 382 g/mol. The summed E-state index contributed by atoms with van der Waals surface area (Å²) in [6.07, 6.45) is 8.25. The third-order valence-electron chi connectivity index (χ3n) is 5.48. The van der Waals surface area contributed by atoms with Crippen molar-refractivity contribution in [3.63, 3.8) is 0 Å². The number of nitrogens with one attached hydrogen (secondary N) is 1. The maximum Gasteiger partial charge on any atom is 0.198 e. The molecule has 0 unspecified atom stereocenters. The molecule has 1 saturated carbocycles. The molecule has 3 aromatic rings. The summed E-state index contributed by atoms with van der Waals surface area (Å²) in [6.45, 7) is 0.785. The standard InChI is InChI=1S/C21H23N3O2S/c25-27(21-23-16-6-2-3-7-17(16)24-21)19-8-4-1-5-15-18(11-12-22-20(15)19)26-13-14-9-10-14/h2-3,6-7,11-12,14,19H,1,4-5,8-10,13H2,(H,23,24)/t19-,27-/m0/s1. The molecule has 2 aliphatic carbocycles. The quantitative estimate of drug-likeness (QED) is 0.668. The first-order chi connectivity index (χ1) is 13.3. The zero-order valence-corrected chi connectivity index (χ0v) is 16.0. The Bertz CT molecular complexity index is 963. The Morgan fingerprint density at radius 2 is 2.04 bits per heavy atom. The fraction of sp³-hybridized carbons (Fsp3) is 0.429. The van der Waals surface area contributed by atoms with Crippen molar-refractivity contribution in [3.8, 4) is 5.75 Å². The van der Waals surface area contributed by atoms with Crippen molar-refractivity contribution in [2.24, 2.45) is 5.92 Å². The van der Waals surface area contributed by atoms with Gasteiger partial charge in [-0.2, -0.15) is 0 Å². The van der Waals surface area contributed by atoms with E-state index in [2.05, 4.69) is 15.0 Å².